The minimum Gasteiger partial charge on any atom is -0.478 e. The number of fused-ring (bicyclic) bond motifs is 2. The number of aliphatic carboxylic acids is 2. The Bertz CT molecular complexity index is 1080. The van der Waals surface area contributed by atoms with Crippen LogP contribution in [-0.4, -0.2) is 27.7 Å². The first-order chi connectivity index (χ1) is 14.9. The number of carboxylic acid groups (broad SMARTS) is 2. The number of benzene rings is 1. The smallest absolute Gasteiger partial charge is 0.335 e. The Kier molecular flexibility index (Phi) is 4.51. The number of rotatable bonds is 6. The van der Waals surface area contributed by atoms with Crippen LogP contribution in [0.3, 0.4) is 0 Å². The fourth-order valence-electron chi connectivity index (χ4n) is 5.30. The Balaban J connectivity index is 1.38. The molecule has 7 heteroatoms. The van der Waals surface area contributed by atoms with Crippen molar-refractivity contribution in [3.63, 3.8) is 0 Å². The van der Waals surface area contributed by atoms with Gasteiger partial charge in [-0.1, -0.05) is 24.3 Å². The van der Waals surface area contributed by atoms with E-state index in [0.717, 1.165) is 36.3 Å². The molecule has 0 radical (unpaired) electrons. The quantitative estimate of drug-likeness (QED) is 0.447. The standard InChI is InChI=1S/C24H25N3O4/c25-24-11-9-15(10-12-24)21(19(24)23(30)31)27-17-7-5-16(6-8-17)26-20-14-3-1-13(2-4-14)18(20)22(28)29/h1,3,5-9,11,13-15,26-27H,2,4,10,12,25H2,(H,28,29)(H,30,31). The number of carbonyl (C=O) groups is 2. The third-order valence-electron chi connectivity index (χ3n) is 6.88. The largest absolute Gasteiger partial charge is 0.478 e. The molecule has 0 aromatic heterocycles. The first-order valence-electron chi connectivity index (χ1n) is 10.6. The van der Waals surface area contributed by atoms with Crippen molar-refractivity contribution in [3.8, 4) is 0 Å². The number of allylic oxidation sites excluding steroid dienone is 3. The molecule has 1 aromatic carbocycles. The van der Waals surface area contributed by atoms with Crippen LogP contribution in [0.5, 0.6) is 0 Å². The van der Waals surface area contributed by atoms with E-state index >= 15 is 0 Å². The molecule has 0 fully saturated rings. The SMILES string of the molecule is NC12C=CC(CC1)C(Nc1ccc(NC3=C(C(=O)O)C4C=CC3CC4)cc1)=C2C(=O)O. The summed E-state index contributed by atoms with van der Waals surface area (Å²) in [4.78, 5) is 23.7. The van der Waals surface area contributed by atoms with E-state index in [1.165, 1.54) is 0 Å². The van der Waals surface area contributed by atoms with Gasteiger partial charge >= 0.3 is 11.9 Å². The van der Waals surface area contributed by atoms with Crippen molar-refractivity contribution >= 4 is 23.3 Å². The van der Waals surface area contributed by atoms with E-state index in [1.54, 1.807) is 0 Å². The summed E-state index contributed by atoms with van der Waals surface area (Å²) in [5.41, 5.74) is 9.08. The Morgan fingerprint density at radius 3 is 1.94 bits per heavy atom. The predicted molar refractivity (Wildman–Crippen MR) is 117 cm³/mol. The average Bonchev–Trinajstić information content (AvgIpc) is 2.75. The number of hydrogen-bond acceptors (Lipinski definition) is 5. The molecule has 0 heterocycles. The maximum absolute atomic E-state index is 11.9. The van der Waals surface area contributed by atoms with E-state index in [0.29, 0.717) is 17.7 Å². The third-order valence-corrected chi connectivity index (χ3v) is 6.88. The average molecular weight is 419 g/mol. The zero-order chi connectivity index (χ0) is 21.8. The van der Waals surface area contributed by atoms with Crippen LogP contribution in [0.25, 0.3) is 0 Å². The van der Waals surface area contributed by atoms with Crippen LogP contribution in [0.2, 0.25) is 0 Å². The molecule has 160 valence electrons. The van der Waals surface area contributed by atoms with Crippen molar-refractivity contribution in [1.82, 2.24) is 0 Å². The lowest BCUT2D eigenvalue weighted by atomic mass is 9.69. The number of anilines is 2. The van der Waals surface area contributed by atoms with E-state index in [1.807, 2.05) is 42.5 Å². The Hall–Kier alpha value is -3.32. The van der Waals surface area contributed by atoms with Crippen molar-refractivity contribution in [2.45, 2.75) is 31.2 Å². The zero-order valence-electron chi connectivity index (χ0n) is 17.0. The normalized spacial score (nSPS) is 30.7. The second-order valence-corrected chi connectivity index (χ2v) is 8.77. The van der Waals surface area contributed by atoms with Gasteiger partial charge in [0.15, 0.2) is 0 Å². The number of nitrogens with one attached hydrogen (secondary N) is 2. The topological polar surface area (TPSA) is 125 Å². The molecule has 0 saturated heterocycles. The van der Waals surface area contributed by atoms with Crippen molar-refractivity contribution in [2.24, 2.45) is 23.5 Å². The summed E-state index contributed by atoms with van der Waals surface area (Å²) in [5.74, 6) is -1.79. The maximum Gasteiger partial charge on any atom is 0.335 e. The molecular formula is C24H25N3O4. The van der Waals surface area contributed by atoms with Crippen molar-refractivity contribution in [2.75, 3.05) is 10.6 Å². The summed E-state index contributed by atoms with van der Waals surface area (Å²) in [6, 6.07) is 7.47. The van der Waals surface area contributed by atoms with E-state index < -0.39 is 17.5 Å². The van der Waals surface area contributed by atoms with Gasteiger partial charge in [0.25, 0.3) is 0 Å². The van der Waals surface area contributed by atoms with Crippen LogP contribution in [-0.2, 0) is 9.59 Å². The minimum atomic E-state index is -0.995. The van der Waals surface area contributed by atoms with Gasteiger partial charge in [-0.25, -0.2) is 9.59 Å². The molecule has 4 unspecified atom stereocenters. The predicted octanol–water partition coefficient (Wildman–Crippen LogP) is 3.46. The number of carboxylic acids is 2. The molecule has 1 aromatic rings. The lowest BCUT2D eigenvalue weighted by molar-refractivity contribution is -0.134. The lowest BCUT2D eigenvalue weighted by Crippen LogP contribution is -2.50. The summed E-state index contributed by atoms with van der Waals surface area (Å²) < 4.78 is 0. The van der Waals surface area contributed by atoms with E-state index in [4.69, 9.17) is 5.73 Å². The highest BCUT2D eigenvalue weighted by Crippen LogP contribution is 2.43. The fourth-order valence-corrected chi connectivity index (χ4v) is 5.30. The minimum absolute atomic E-state index is 0.0159. The Morgan fingerprint density at radius 1 is 0.839 bits per heavy atom. The van der Waals surface area contributed by atoms with Crippen LogP contribution in [0.4, 0.5) is 11.4 Å². The van der Waals surface area contributed by atoms with Gasteiger partial charge in [0.2, 0.25) is 0 Å². The third kappa shape index (κ3) is 3.25. The summed E-state index contributed by atoms with van der Waals surface area (Å²) >= 11 is 0. The highest BCUT2D eigenvalue weighted by atomic mass is 16.4. The van der Waals surface area contributed by atoms with Gasteiger partial charge in [-0.15, -0.1) is 0 Å². The second-order valence-electron chi connectivity index (χ2n) is 8.77. The zero-order valence-corrected chi connectivity index (χ0v) is 17.0. The first kappa shape index (κ1) is 19.6. The van der Waals surface area contributed by atoms with Crippen LogP contribution >= 0.6 is 0 Å². The van der Waals surface area contributed by atoms with Crippen LogP contribution in [0.1, 0.15) is 25.7 Å². The van der Waals surface area contributed by atoms with Gasteiger partial charge in [-0.05, 0) is 49.9 Å². The van der Waals surface area contributed by atoms with Crippen molar-refractivity contribution in [3.05, 3.63) is 71.1 Å². The molecule has 6 N–H and O–H groups in total. The van der Waals surface area contributed by atoms with Crippen LogP contribution < -0.4 is 16.4 Å². The summed E-state index contributed by atoms with van der Waals surface area (Å²) in [7, 11) is 0. The van der Waals surface area contributed by atoms with Gasteiger partial charge in [0.1, 0.15) is 0 Å². The molecular weight excluding hydrogens is 394 g/mol. The molecule has 4 bridgehead atoms. The Labute approximate surface area is 180 Å². The lowest BCUT2D eigenvalue weighted by Gasteiger charge is -2.41. The molecule has 31 heavy (non-hydrogen) atoms. The van der Waals surface area contributed by atoms with Crippen molar-refractivity contribution in [1.29, 1.82) is 0 Å². The summed E-state index contributed by atoms with van der Waals surface area (Å²) in [5, 5.41) is 26.0. The molecule has 4 atom stereocenters. The van der Waals surface area contributed by atoms with Crippen LogP contribution in [0.15, 0.2) is 71.1 Å². The monoisotopic (exact) mass is 419 g/mol. The highest BCUT2D eigenvalue weighted by molar-refractivity contribution is 5.93. The van der Waals surface area contributed by atoms with E-state index in [2.05, 4.69) is 16.7 Å². The van der Waals surface area contributed by atoms with Crippen LogP contribution in [0, 0.1) is 17.8 Å². The molecule has 7 rings (SSSR count). The van der Waals surface area contributed by atoms with Gasteiger partial charge in [-0.2, -0.15) is 0 Å². The fraction of sp³-hybridized carbons (Fsp3) is 0.333. The second kappa shape index (κ2) is 7.13. The molecule has 6 aliphatic rings. The number of nitrogens with two attached hydrogens (primary N) is 1. The summed E-state index contributed by atoms with van der Waals surface area (Å²) in [6.45, 7) is 0. The molecule has 0 amide bonds. The molecule has 0 aliphatic heterocycles. The van der Waals surface area contributed by atoms with E-state index in [9.17, 15) is 19.8 Å². The molecule has 0 saturated carbocycles. The highest BCUT2D eigenvalue weighted by Gasteiger charge is 2.44. The van der Waals surface area contributed by atoms with E-state index in [-0.39, 0.29) is 23.3 Å². The van der Waals surface area contributed by atoms with Gasteiger partial charge in [0, 0.05) is 40.5 Å². The van der Waals surface area contributed by atoms with Crippen molar-refractivity contribution < 1.29 is 19.8 Å². The molecule has 0 spiro atoms. The molecule has 6 aliphatic carbocycles. The first-order valence-corrected chi connectivity index (χ1v) is 10.6. The van der Waals surface area contributed by atoms with Gasteiger partial charge in [0.05, 0.1) is 16.7 Å². The van der Waals surface area contributed by atoms with Gasteiger partial charge in [-0.3, -0.25) is 0 Å². The molecule has 7 nitrogen and oxygen atoms in total. The Morgan fingerprint density at radius 2 is 1.42 bits per heavy atom. The maximum atomic E-state index is 11.9. The number of hydrogen-bond donors (Lipinski definition) is 5. The van der Waals surface area contributed by atoms with Gasteiger partial charge < -0.3 is 26.6 Å². The summed E-state index contributed by atoms with van der Waals surface area (Å²) in [6.07, 6.45) is 11.1.